The second kappa shape index (κ2) is 5.69. The zero-order valence-corrected chi connectivity index (χ0v) is 13.7. The number of hydrogen-bond acceptors (Lipinski definition) is 4. The van der Waals surface area contributed by atoms with Crippen molar-refractivity contribution in [2.45, 2.75) is 25.2 Å². The number of imide groups is 1. The molecule has 1 aliphatic heterocycles. The Balaban J connectivity index is 2.07. The molecule has 2 heterocycles. The highest BCUT2D eigenvalue weighted by Crippen LogP contribution is 2.41. The first-order chi connectivity index (χ1) is 10.1. The first-order valence-electron chi connectivity index (χ1n) is 6.56. The van der Waals surface area contributed by atoms with E-state index in [0.717, 1.165) is 20.7 Å². The molecule has 1 aromatic carbocycles. The van der Waals surface area contributed by atoms with Gasteiger partial charge in [-0.3, -0.25) is 14.9 Å². The monoisotopic (exact) mass is 364 g/mol. The van der Waals surface area contributed by atoms with Crippen LogP contribution < -0.4 is 5.32 Å². The summed E-state index contributed by atoms with van der Waals surface area (Å²) in [6.07, 6.45) is 0.282. The van der Waals surface area contributed by atoms with Crippen molar-refractivity contribution in [3.63, 3.8) is 0 Å². The smallest absolute Gasteiger partial charge is 0.234 e. The van der Waals surface area contributed by atoms with Gasteiger partial charge in [-0.2, -0.15) is 0 Å². The van der Waals surface area contributed by atoms with Crippen LogP contribution in [0.5, 0.6) is 0 Å². The lowest BCUT2D eigenvalue weighted by Crippen LogP contribution is -2.43. The molecule has 1 saturated heterocycles. The molecule has 0 bridgehead atoms. The second-order valence-electron chi connectivity index (χ2n) is 5.05. The molecule has 6 heteroatoms. The molecule has 2 unspecified atom stereocenters. The average molecular weight is 365 g/mol. The SMILES string of the molecule is Cc1csc(C2CC(=O)NC(=O)C2c2ccccc2Br)n1. The second-order valence-corrected chi connectivity index (χ2v) is 6.79. The summed E-state index contributed by atoms with van der Waals surface area (Å²) < 4.78 is 0.873. The van der Waals surface area contributed by atoms with E-state index in [1.807, 2.05) is 36.6 Å². The van der Waals surface area contributed by atoms with Gasteiger partial charge in [0.15, 0.2) is 0 Å². The Labute approximate surface area is 134 Å². The number of piperidine rings is 1. The lowest BCUT2D eigenvalue weighted by molar-refractivity contribution is -0.135. The van der Waals surface area contributed by atoms with Crippen molar-refractivity contribution < 1.29 is 9.59 Å². The van der Waals surface area contributed by atoms with Gasteiger partial charge in [0.25, 0.3) is 0 Å². The van der Waals surface area contributed by atoms with Gasteiger partial charge in [0.2, 0.25) is 11.8 Å². The van der Waals surface area contributed by atoms with E-state index >= 15 is 0 Å². The first-order valence-corrected chi connectivity index (χ1v) is 8.23. The van der Waals surface area contributed by atoms with Crippen molar-refractivity contribution in [3.8, 4) is 0 Å². The molecule has 21 heavy (non-hydrogen) atoms. The number of hydrogen-bond donors (Lipinski definition) is 1. The Hall–Kier alpha value is -1.53. The van der Waals surface area contributed by atoms with Crippen molar-refractivity contribution in [3.05, 3.63) is 50.4 Å². The third-order valence-corrected chi connectivity index (χ3v) is 5.36. The van der Waals surface area contributed by atoms with E-state index in [1.54, 1.807) is 0 Å². The van der Waals surface area contributed by atoms with Crippen LogP contribution >= 0.6 is 27.3 Å². The summed E-state index contributed by atoms with van der Waals surface area (Å²) in [4.78, 5) is 28.6. The van der Waals surface area contributed by atoms with Crippen LogP contribution in [0.1, 0.15) is 34.5 Å². The standard InChI is InChI=1S/C15H13BrN2O2S/c1-8-7-21-15(17-8)10-6-12(19)18-14(20)13(10)9-4-2-3-5-11(9)16/h2-5,7,10,13H,6H2,1H3,(H,18,19,20). The van der Waals surface area contributed by atoms with Crippen LogP contribution in [0.15, 0.2) is 34.1 Å². The number of nitrogens with one attached hydrogen (secondary N) is 1. The molecule has 0 spiro atoms. The third kappa shape index (κ3) is 2.78. The van der Waals surface area contributed by atoms with Crippen LogP contribution in [0.2, 0.25) is 0 Å². The molecule has 0 aliphatic carbocycles. The number of aromatic nitrogens is 1. The van der Waals surface area contributed by atoms with Gasteiger partial charge in [0.1, 0.15) is 0 Å². The predicted molar refractivity (Wildman–Crippen MR) is 84.2 cm³/mol. The molecule has 2 amide bonds. The van der Waals surface area contributed by atoms with Crippen LogP contribution in [0, 0.1) is 6.92 Å². The number of benzene rings is 1. The number of nitrogens with zero attached hydrogens (tertiary/aromatic N) is 1. The van der Waals surface area contributed by atoms with Crippen LogP contribution in [-0.2, 0) is 9.59 Å². The predicted octanol–water partition coefficient (Wildman–Crippen LogP) is 3.13. The van der Waals surface area contributed by atoms with E-state index in [9.17, 15) is 9.59 Å². The fourth-order valence-electron chi connectivity index (χ4n) is 2.62. The molecule has 4 nitrogen and oxygen atoms in total. The van der Waals surface area contributed by atoms with Gasteiger partial charge in [0, 0.05) is 27.9 Å². The maximum atomic E-state index is 12.4. The molecular weight excluding hydrogens is 352 g/mol. The first kappa shape index (κ1) is 14.4. The summed E-state index contributed by atoms with van der Waals surface area (Å²) in [5, 5.41) is 5.23. The number of carbonyl (C=O) groups is 2. The molecule has 108 valence electrons. The fourth-order valence-corrected chi connectivity index (χ4v) is 4.09. The number of rotatable bonds is 2. The van der Waals surface area contributed by atoms with E-state index in [0.29, 0.717) is 0 Å². The number of amides is 2. The molecule has 1 N–H and O–H groups in total. The van der Waals surface area contributed by atoms with Crippen LogP contribution in [0.3, 0.4) is 0 Å². The molecule has 0 saturated carbocycles. The Bertz CT molecular complexity index is 713. The summed E-state index contributed by atoms with van der Waals surface area (Å²) in [6, 6.07) is 7.62. The summed E-state index contributed by atoms with van der Waals surface area (Å²) in [5.74, 6) is -1.09. The molecule has 1 aromatic heterocycles. The Morgan fingerprint density at radius 2 is 2.10 bits per heavy atom. The average Bonchev–Trinajstić information content (AvgIpc) is 2.86. The van der Waals surface area contributed by atoms with Crippen molar-refractivity contribution >= 4 is 39.1 Å². The molecule has 1 aliphatic rings. The van der Waals surface area contributed by atoms with E-state index in [1.165, 1.54) is 11.3 Å². The third-order valence-electron chi connectivity index (χ3n) is 3.55. The van der Waals surface area contributed by atoms with Gasteiger partial charge in [-0.05, 0) is 18.6 Å². The number of halogens is 1. The van der Waals surface area contributed by atoms with Gasteiger partial charge in [-0.1, -0.05) is 34.1 Å². The lowest BCUT2D eigenvalue weighted by atomic mass is 9.81. The Morgan fingerprint density at radius 3 is 2.76 bits per heavy atom. The summed E-state index contributed by atoms with van der Waals surface area (Å²) in [6.45, 7) is 1.91. The zero-order chi connectivity index (χ0) is 15.0. The van der Waals surface area contributed by atoms with Crippen LogP contribution in [-0.4, -0.2) is 16.8 Å². The largest absolute Gasteiger partial charge is 0.296 e. The minimum atomic E-state index is -0.399. The summed E-state index contributed by atoms with van der Waals surface area (Å²) in [5.41, 5.74) is 1.81. The fraction of sp³-hybridized carbons (Fsp3) is 0.267. The Kier molecular flexibility index (Phi) is 3.91. The molecule has 2 aromatic rings. The molecule has 2 atom stereocenters. The van der Waals surface area contributed by atoms with Gasteiger partial charge >= 0.3 is 0 Å². The molecule has 0 radical (unpaired) electrons. The normalized spacial score (nSPS) is 22.2. The Morgan fingerprint density at radius 1 is 1.33 bits per heavy atom. The number of thiazole rings is 1. The highest BCUT2D eigenvalue weighted by molar-refractivity contribution is 9.10. The summed E-state index contributed by atoms with van der Waals surface area (Å²) in [7, 11) is 0. The topological polar surface area (TPSA) is 59.1 Å². The van der Waals surface area contributed by atoms with E-state index in [-0.39, 0.29) is 24.2 Å². The van der Waals surface area contributed by atoms with E-state index in [4.69, 9.17) is 0 Å². The van der Waals surface area contributed by atoms with Crippen LogP contribution in [0.25, 0.3) is 0 Å². The lowest BCUT2D eigenvalue weighted by Gasteiger charge is -2.29. The highest BCUT2D eigenvalue weighted by atomic mass is 79.9. The minimum Gasteiger partial charge on any atom is -0.296 e. The maximum absolute atomic E-state index is 12.4. The maximum Gasteiger partial charge on any atom is 0.234 e. The van der Waals surface area contributed by atoms with Gasteiger partial charge in [0.05, 0.1) is 10.9 Å². The zero-order valence-electron chi connectivity index (χ0n) is 11.3. The quantitative estimate of drug-likeness (QED) is 0.832. The number of carbonyl (C=O) groups excluding carboxylic acids is 2. The number of aryl methyl sites for hydroxylation is 1. The molecule has 1 fully saturated rings. The van der Waals surface area contributed by atoms with Gasteiger partial charge in [-0.25, -0.2) is 4.98 Å². The van der Waals surface area contributed by atoms with Gasteiger partial charge in [-0.15, -0.1) is 11.3 Å². The van der Waals surface area contributed by atoms with E-state index in [2.05, 4.69) is 26.2 Å². The minimum absolute atomic E-state index is 0.205. The summed E-state index contributed by atoms with van der Waals surface area (Å²) >= 11 is 5.00. The van der Waals surface area contributed by atoms with Crippen molar-refractivity contribution in [2.75, 3.05) is 0 Å². The van der Waals surface area contributed by atoms with Crippen molar-refractivity contribution in [2.24, 2.45) is 0 Å². The molecular formula is C15H13BrN2O2S. The van der Waals surface area contributed by atoms with Crippen LogP contribution in [0.4, 0.5) is 0 Å². The van der Waals surface area contributed by atoms with Crippen molar-refractivity contribution in [1.29, 1.82) is 0 Å². The highest BCUT2D eigenvalue weighted by Gasteiger charge is 2.40. The van der Waals surface area contributed by atoms with Gasteiger partial charge < -0.3 is 0 Å². The van der Waals surface area contributed by atoms with E-state index < -0.39 is 5.92 Å². The van der Waals surface area contributed by atoms with Crippen molar-refractivity contribution in [1.82, 2.24) is 10.3 Å². The molecule has 3 rings (SSSR count).